The Morgan fingerprint density at radius 2 is 1.90 bits per heavy atom. The van der Waals surface area contributed by atoms with Crippen LogP contribution in [0.3, 0.4) is 0 Å². The van der Waals surface area contributed by atoms with Gasteiger partial charge in [0.2, 0.25) is 5.91 Å². The van der Waals surface area contributed by atoms with Crippen LogP contribution in [-0.4, -0.2) is 30.3 Å². The molecule has 110 valence electrons. The molecule has 2 rings (SSSR count). The lowest BCUT2D eigenvalue weighted by molar-refractivity contribution is -0.129. The number of thiophene rings is 1. The van der Waals surface area contributed by atoms with Gasteiger partial charge in [-0.1, -0.05) is 23.8 Å². The fraction of sp³-hybridized carbons (Fsp3) is 0.250. The molecule has 21 heavy (non-hydrogen) atoms. The predicted octanol–water partition coefficient (Wildman–Crippen LogP) is 2.44. The SMILES string of the molecule is Cc1ccc(C(=O)NCC(=O)N(C)Cc2cccs2)cc1. The molecule has 1 aromatic heterocycles. The minimum atomic E-state index is -0.229. The molecule has 0 saturated carbocycles. The molecule has 0 unspecified atom stereocenters. The summed E-state index contributed by atoms with van der Waals surface area (Å²) < 4.78 is 0. The first-order chi connectivity index (χ1) is 10.1. The molecule has 5 heteroatoms. The van der Waals surface area contributed by atoms with Crippen LogP contribution in [0.5, 0.6) is 0 Å². The number of hydrogen-bond donors (Lipinski definition) is 1. The summed E-state index contributed by atoms with van der Waals surface area (Å²) in [5, 5.41) is 4.63. The maximum Gasteiger partial charge on any atom is 0.251 e. The molecule has 0 atom stereocenters. The summed E-state index contributed by atoms with van der Waals surface area (Å²) in [4.78, 5) is 26.6. The van der Waals surface area contributed by atoms with Crippen molar-refractivity contribution in [1.29, 1.82) is 0 Å². The molecule has 1 aromatic carbocycles. The Kier molecular flexibility index (Phi) is 5.11. The van der Waals surface area contributed by atoms with E-state index in [9.17, 15) is 9.59 Å². The Morgan fingerprint density at radius 3 is 2.52 bits per heavy atom. The van der Waals surface area contributed by atoms with Gasteiger partial charge in [-0.15, -0.1) is 11.3 Å². The average molecular weight is 302 g/mol. The second-order valence-electron chi connectivity index (χ2n) is 4.88. The number of likely N-dealkylation sites (N-methyl/N-ethyl adjacent to an activating group) is 1. The summed E-state index contributed by atoms with van der Waals surface area (Å²) in [7, 11) is 1.74. The number of aryl methyl sites for hydroxylation is 1. The van der Waals surface area contributed by atoms with Crippen LogP contribution in [0, 0.1) is 6.92 Å². The Morgan fingerprint density at radius 1 is 1.19 bits per heavy atom. The molecule has 4 nitrogen and oxygen atoms in total. The normalized spacial score (nSPS) is 10.2. The number of amides is 2. The average Bonchev–Trinajstić information content (AvgIpc) is 2.98. The number of nitrogens with one attached hydrogen (secondary N) is 1. The number of carbonyl (C=O) groups excluding carboxylic acids is 2. The van der Waals surface area contributed by atoms with Crippen LogP contribution in [0.2, 0.25) is 0 Å². The quantitative estimate of drug-likeness (QED) is 0.922. The Labute approximate surface area is 128 Å². The van der Waals surface area contributed by atoms with Crippen LogP contribution < -0.4 is 5.32 Å². The summed E-state index contributed by atoms with van der Waals surface area (Å²) in [6, 6.07) is 11.2. The zero-order valence-electron chi connectivity index (χ0n) is 12.1. The van der Waals surface area contributed by atoms with E-state index in [1.54, 1.807) is 35.4 Å². The molecule has 0 radical (unpaired) electrons. The summed E-state index contributed by atoms with van der Waals surface area (Å²) in [6.45, 7) is 2.54. The van der Waals surface area contributed by atoms with Gasteiger partial charge in [0.05, 0.1) is 13.1 Å². The number of hydrogen-bond acceptors (Lipinski definition) is 3. The van der Waals surface area contributed by atoms with E-state index in [0.717, 1.165) is 10.4 Å². The van der Waals surface area contributed by atoms with E-state index in [1.165, 1.54) is 0 Å². The second kappa shape index (κ2) is 7.04. The van der Waals surface area contributed by atoms with Crippen LogP contribution >= 0.6 is 11.3 Å². The summed E-state index contributed by atoms with van der Waals surface area (Å²) in [5.74, 6) is -0.336. The van der Waals surface area contributed by atoms with E-state index < -0.39 is 0 Å². The van der Waals surface area contributed by atoms with Crippen LogP contribution in [-0.2, 0) is 11.3 Å². The van der Waals surface area contributed by atoms with Crippen molar-refractivity contribution in [2.24, 2.45) is 0 Å². The van der Waals surface area contributed by atoms with Gasteiger partial charge in [0.1, 0.15) is 0 Å². The van der Waals surface area contributed by atoms with Gasteiger partial charge in [0, 0.05) is 17.5 Å². The lowest BCUT2D eigenvalue weighted by atomic mass is 10.1. The number of nitrogens with zero attached hydrogens (tertiary/aromatic N) is 1. The van der Waals surface area contributed by atoms with Gasteiger partial charge in [-0.25, -0.2) is 0 Å². The molecular formula is C16H18N2O2S. The zero-order chi connectivity index (χ0) is 15.2. The fourth-order valence-electron chi connectivity index (χ4n) is 1.82. The van der Waals surface area contributed by atoms with Crippen molar-refractivity contribution in [3.63, 3.8) is 0 Å². The van der Waals surface area contributed by atoms with E-state index in [-0.39, 0.29) is 18.4 Å². The van der Waals surface area contributed by atoms with E-state index in [4.69, 9.17) is 0 Å². The standard InChI is InChI=1S/C16H18N2O2S/c1-12-5-7-13(8-6-12)16(20)17-10-15(19)18(2)11-14-4-3-9-21-14/h3-9H,10-11H2,1-2H3,(H,17,20). The van der Waals surface area contributed by atoms with Gasteiger partial charge in [-0.3, -0.25) is 9.59 Å². The highest BCUT2D eigenvalue weighted by Gasteiger charge is 2.12. The minimum absolute atomic E-state index is 0.00852. The van der Waals surface area contributed by atoms with Crippen molar-refractivity contribution < 1.29 is 9.59 Å². The van der Waals surface area contributed by atoms with E-state index in [1.807, 2.05) is 36.6 Å². The van der Waals surface area contributed by atoms with Crippen molar-refractivity contribution in [3.05, 3.63) is 57.8 Å². The first-order valence-corrected chi connectivity index (χ1v) is 7.55. The van der Waals surface area contributed by atoms with Crippen LogP contribution in [0.25, 0.3) is 0 Å². The smallest absolute Gasteiger partial charge is 0.251 e. The molecule has 2 amide bonds. The molecule has 0 saturated heterocycles. The van der Waals surface area contributed by atoms with E-state index in [2.05, 4.69) is 5.32 Å². The zero-order valence-corrected chi connectivity index (χ0v) is 12.9. The van der Waals surface area contributed by atoms with Gasteiger partial charge in [-0.2, -0.15) is 0 Å². The largest absolute Gasteiger partial charge is 0.343 e. The fourth-order valence-corrected chi connectivity index (χ4v) is 2.58. The molecule has 0 bridgehead atoms. The van der Waals surface area contributed by atoms with Crippen molar-refractivity contribution >= 4 is 23.2 Å². The highest BCUT2D eigenvalue weighted by Crippen LogP contribution is 2.10. The van der Waals surface area contributed by atoms with E-state index in [0.29, 0.717) is 12.1 Å². The number of carbonyl (C=O) groups is 2. The molecular weight excluding hydrogens is 284 g/mol. The van der Waals surface area contributed by atoms with Crippen LogP contribution in [0.4, 0.5) is 0 Å². The molecule has 0 fully saturated rings. The first-order valence-electron chi connectivity index (χ1n) is 6.67. The summed E-state index contributed by atoms with van der Waals surface area (Å²) >= 11 is 1.61. The maximum atomic E-state index is 12.0. The molecule has 0 aliphatic rings. The predicted molar refractivity (Wildman–Crippen MR) is 84.3 cm³/mol. The van der Waals surface area contributed by atoms with Crippen LogP contribution in [0.1, 0.15) is 20.8 Å². The molecule has 1 N–H and O–H groups in total. The van der Waals surface area contributed by atoms with Gasteiger partial charge in [0.25, 0.3) is 5.91 Å². The number of benzene rings is 1. The molecule has 0 aliphatic carbocycles. The van der Waals surface area contributed by atoms with Gasteiger partial charge in [-0.05, 0) is 30.5 Å². The monoisotopic (exact) mass is 302 g/mol. The summed E-state index contributed by atoms with van der Waals surface area (Å²) in [6.07, 6.45) is 0. The molecule has 0 aliphatic heterocycles. The van der Waals surface area contributed by atoms with E-state index >= 15 is 0 Å². The van der Waals surface area contributed by atoms with Crippen molar-refractivity contribution in [1.82, 2.24) is 10.2 Å². The molecule has 0 spiro atoms. The Bertz CT molecular complexity index is 606. The lowest BCUT2D eigenvalue weighted by Crippen LogP contribution is -2.37. The van der Waals surface area contributed by atoms with Gasteiger partial charge < -0.3 is 10.2 Å². The topological polar surface area (TPSA) is 49.4 Å². The highest BCUT2D eigenvalue weighted by atomic mass is 32.1. The first kappa shape index (κ1) is 15.3. The highest BCUT2D eigenvalue weighted by molar-refractivity contribution is 7.09. The molecule has 2 aromatic rings. The summed E-state index contributed by atoms with van der Waals surface area (Å²) in [5.41, 5.74) is 1.66. The lowest BCUT2D eigenvalue weighted by Gasteiger charge is -2.16. The number of rotatable bonds is 5. The Balaban J connectivity index is 1.83. The Hall–Kier alpha value is -2.14. The van der Waals surface area contributed by atoms with Crippen molar-refractivity contribution in [2.45, 2.75) is 13.5 Å². The third kappa shape index (κ3) is 4.43. The molecule has 1 heterocycles. The third-order valence-electron chi connectivity index (χ3n) is 3.11. The second-order valence-corrected chi connectivity index (χ2v) is 5.91. The van der Waals surface area contributed by atoms with Crippen molar-refractivity contribution in [3.8, 4) is 0 Å². The van der Waals surface area contributed by atoms with Gasteiger partial charge >= 0.3 is 0 Å². The van der Waals surface area contributed by atoms with Crippen molar-refractivity contribution in [2.75, 3.05) is 13.6 Å². The maximum absolute atomic E-state index is 12.0. The third-order valence-corrected chi connectivity index (χ3v) is 3.97. The van der Waals surface area contributed by atoms with Gasteiger partial charge in [0.15, 0.2) is 0 Å². The minimum Gasteiger partial charge on any atom is -0.343 e. The van der Waals surface area contributed by atoms with Crippen LogP contribution in [0.15, 0.2) is 41.8 Å².